The number of carbonyl (C=O) groups excluding carboxylic acids is 2. The number of hydrogen-bond donors (Lipinski definition) is 2. The first-order valence-corrected chi connectivity index (χ1v) is 12.1. The molecule has 32 heavy (non-hydrogen) atoms. The molecular formula is C25H31BrN4O2. The SMILES string of the molecule is O=C(NCCCCC(C(=O)N/N=C/c1cccc(Br)c1)N1CCCCC1)c1ccccc1. The lowest BCUT2D eigenvalue weighted by Gasteiger charge is -2.33. The van der Waals surface area contributed by atoms with Gasteiger partial charge in [0.1, 0.15) is 0 Å². The number of piperidine rings is 1. The van der Waals surface area contributed by atoms with Gasteiger partial charge in [-0.1, -0.05) is 52.7 Å². The van der Waals surface area contributed by atoms with E-state index < -0.39 is 0 Å². The fourth-order valence-corrected chi connectivity index (χ4v) is 4.31. The Morgan fingerprint density at radius 3 is 2.56 bits per heavy atom. The fraction of sp³-hybridized carbons (Fsp3) is 0.400. The summed E-state index contributed by atoms with van der Waals surface area (Å²) < 4.78 is 0.971. The highest BCUT2D eigenvalue weighted by atomic mass is 79.9. The van der Waals surface area contributed by atoms with Crippen molar-refractivity contribution in [1.82, 2.24) is 15.6 Å². The molecule has 1 aliphatic heterocycles. The van der Waals surface area contributed by atoms with Crippen LogP contribution in [-0.4, -0.2) is 48.6 Å². The number of benzene rings is 2. The molecule has 0 radical (unpaired) electrons. The van der Waals surface area contributed by atoms with Crippen LogP contribution in [0.3, 0.4) is 0 Å². The van der Waals surface area contributed by atoms with E-state index in [1.54, 1.807) is 18.3 Å². The number of likely N-dealkylation sites (tertiary alicyclic amines) is 1. The van der Waals surface area contributed by atoms with Crippen molar-refractivity contribution in [3.8, 4) is 0 Å². The Morgan fingerprint density at radius 1 is 1.03 bits per heavy atom. The molecule has 170 valence electrons. The molecule has 1 atom stereocenters. The summed E-state index contributed by atoms with van der Waals surface area (Å²) in [5.74, 6) is -0.121. The Morgan fingerprint density at radius 2 is 1.81 bits per heavy atom. The van der Waals surface area contributed by atoms with E-state index in [2.05, 4.69) is 36.7 Å². The number of halogens is 1. The van der Waals surface area contributed by atoms with Gasteiger partial charge in [-0.05, 0) is 75.0 Å². The molecule has 3 rings (SSSR count). The maximum absolute atomic E-state index is 12.9. The Bertz CT molecular complexity index is 898. The molecule has 2 amide bonds. The highest BCUT2D eigenvalue weighted by Crippen LogP contribution is 2.17. The van der Waals surface area contributed by atoms with Crippen LogP contribution >= 0.6 is 15.9 Å². The molecule has 6 nitrogen and oxygen atoms in total. The van der Waals surface area contributed by atoms with Gasteiger partial charge >= 0.3 is 0 Å². The molecule has 1 heterocycles. The summed E-state index contributed by atoms with van der Waals surface area (Å²) in [7, 11) is 0. The zero-order chi connectivity index (χ0) is 22.6. The predicted octanol–water partition coefficient (Wildman–Crippen LogP) is 4.35. The number of hydrazone groups is 1. The summed E-state index contributed by atoms with van der Waals surface area (Å²) >= 11 is 3.44. The molecule has 2 N–H and O–H groups in total. The molecule has 1 aliphatic rings. The molecule has 1 unspecified atom stereocenters. The van der Waals surface area contributed by atoms with Crippen molar-refractivity contribution < 1.29 is 9.59 Å². The van der Waals surface area contributed by atoms with Crippen LogP contribution in [0.4, 0.5) is 0 Å². The second kappa shape index (κ2) is 13.1. The third-order valence-corrected chi connectivity index (χ3v) is 6.09. The number of unbranched alkanes of at least 4 members (excludes halogenated alkanes) is 1. The molecule has 1 saturated heterocycles. The quantitative estimate of drug-likeness (QED) is 0.290. The first-order chi connectivity index (χ1) is 15.6. The number of amides is 2. The molecular weight excluding hydrogens is 468 g/mol. The summed E-state index contributed by atoms with van der Waals surface area (Å²) in [5.41, 5.74) is 4.32. The summed E-state index contributed by atoms with van der Waals surface area (Å²) in [4.78, 5) is 27.3. The van der Waals surface area contributed by atoms with Crippen molar-refractivity contribution in [3.63, 3.8) is 0 Å². The van der Waals surface area contributed by atoms with E-state index in [4.69, 9.17) is 0 Å². The Balaban J connectivity index is 1.47. The van der Waals surface area contributed by atoms with E-state index in [0.29, 0.717) is 12.1 Å². The smallest absolute Gasteiger partial charge is 0.257 e. The average Bonchev–Trinajstić information content (AvgIpc) is 2.82. The Labute approximate surface area is 198 Å². The van der Waals surface area contributed by atoms with Crippen LogP contribution in [-0.2, 0) is 4.79 Å². The van der Waals surface area contributed by atoms with Gasteiger partial charge in [0.25, 0.3) is 11.8 Å². The van der Waals surface area contributed by atoms with Crippen molar-refractivity contribution >= 4 is 34.0 Å². The standard InChI is InChI=1S/C25H31BrN4O2/c26-22-13-9-10-20(18-22)19-28-29-25(32)23(30-16-7-2-8-17-30)14-5-6-15-27-24(31)21-11-3-1-4-12-21/h1,3-4,9-13,18-19,23H,2,5-8,14-17H2,(H,27,31)(H,29,32)/b28-19+. The van der Waals surface area contributed by atoms with Crippen molar-refractivity contribution in [3.05, 3.63) is 70.2 Å². The van der Waals surface area contributed by atoms with Crippen molar-refractivity contribution in [2.75, 3.05) is 19.6 Å². The van der Waals surface area contributed by atoms with E-state index in [1.807, 2.05) is 42.5 Å². The van der Waals surface area contributed by atoms with Gasteiger partial charge in [0.15, 0.2) is 0 Å². The summed E-state index contributed by atoms with van der Waals surface area (Å²) in [5, 5.41) is 7.13. The molecule has 2 aromatic carbocycles. The zero-order valence-electron chi connectivity index (χ0n) is 18.3. The Kier molecular flexibility index (Phi) is 9.91. The number of nitrogens with zero attached hydrogens (tertiary/aromatic N) is 2. The molecule has 0 spiro atoms. The highest BCUT2D eigenvalue weighted by Gasteiger charge is 2.26. The lowest BCUT2D eigenvalue weighted by Crippen LogP contribution is -2.47. The van der Waals surface area contributed by atoms with Crippen molar-refractivity contribution in [2.45, 2.75) is 44.6 Å². The average molecular weight is 499 g/mol. The second-order valence-electron chi connectivity index (χ2n) is 8.02. The van der Waals surface area contributed by atoms with Gasteiger partial charge in [-0.2, -0.15) is 5.10 Å². The zero-order valence-corrected chi connectivity index (χ0v) is 19.9. The van der Waals surface area contributed by atoms with Gasteiger partial charge in [-0.15, -0.1) is 0 Å². The van der Waals surface area contributed by atoms with E-state index in [-0.39, 0.29) is 17.9 Å². The first kappa shape index (κ1) is 24.1. The largest absolute Gasteiger partial charge is 0.352 e. The fourth-order valence-electron chi connectivity index (χ4n) is 3.90. The van der Waals surface area contributed by atoms with Gasteiger partial charge in [0.05, 0.1) is 12.3 Å². The lowest BCUT2D eigenvalue weighted by atomic mass is 10.0. The maximum atomic E-state index is 12.9. The molecule has 0 aliphatic carbocycles. The molecule has 0 bridgehead atoms. The van der Waals surface area contributed by atoms with Crippen molar-refractivity contribution in [2.24, 2.45) is 5.10 Å². The summed E-state index contributed by atoms with van der Waals surface area (Å²) in [6.07, 6.45) is 7.57. The Hall–Kier alpha value is -2.51. The number of carbonyl (C=O) groups is 2. The minimum Gasteiger partial charge on any atom is -0.352 e. The first-order valence-electron chi connectivity index (χ1n) is 11.3. The third kappa shape index (κ3) is 7.88. The van der Waals surface area contributed by atoms with Crippen LogP contribution in [0.2, 0.25) is 0 Å². The normalized spacial score (nSPS) is 15.4. The number of rotatable bonds is 10. The highest BCUT2D eigenvalue weighted by molar-refractivity contribution is 9.10. The van der Waals surface area contributed by atoms with E-state index >= 15 is 0 Å². The van der Waals surface area contributed by atoms with Crippen LogP contribution in [0.5, 0.6) is 0 Å². The van der Waals surface area contributed by atoms with E-state index in [1.165, 1.54) is 6.42 Å². The van der Waals surface area contributed by atoms with Crippen molar-refractivity contribution in [1.29, 1.82) is 0 Å². The third-order valence-electron chi connectivity index (χ3n) is 5.60. The molecule has 2 aromatic rings. The van der Waals surface area contributed by atoms with Crippen LogP contribution in [0, 0.1) is 0 Å². The second-order valence-corrected chi connectivity index (χ2v) is 8.94. The predicted molar refractivity (Wildman–Crippen MR) is 132 cm³/mol. The summed E-state index contributed by atoms with van der Waals surface area (Å²) in [6, 6.07) is 16.8. The maximum Gasteiger partial charge on any atom is 0.257 e. The van der Waals surface area contributed by atoms with Crippen LogP contribution in [0.1, 0.15) is 54.4 Å². The molecule has 7 heteroatoms. The van der Waals surface area contributed by atoms with Crippen LogP contribution in [0.25, 0.3) is 0 Å². The van der Waals surface area contributed by atoms with Crippen LogP contribution < -0.4 is 10.7 Å². The van der Waals surface area contributed by atoms with E-state index in [9.17, 15) is 9.59 Å². The lowest BCUT2D eigenvalue weighted by molar-refractivity contribution is -0.127. The number of nitrogens with one attached hydrogen (secondary N) is 2. The van der Waals surface area contributed by atoms with Gasteiger partial charge in [0.2, 0.25) is 0 Å². The molecule has 0 saturated carbocycles. The van der Waals surface area contributed by atoms with E-state index in [0.717, 1.165) is 55.2 Å². The van der Waals surface area contributed by atoms with Gasteiger partial charge in [-0.25, -0.2) is 5.43 Å². The molecule has 1 fully saturated rings. The van der Waals surface area contributed by atoms with Gasteiger partial charge in [-0.3, -0.25) is 14.5 Å². The number of hydrogen-bond acceptors (Lipinski definition) is 4. The van der Waals surface area contributed by atoms with Gasteiger partial charge < -0.3 is 5.32 Å². The van der Waals surface area contributed by atoms with Crippen LogP contribution in [0.15, 0.2) is 64.2 Å². The summed E-state index contributed by atoms with van der Waals surface area (Å²) in [6.45, 7) is 2.49. The monoisotopic (exact) mass is 498 g/mol. The minimum atomic E-state index is -0.195. The van der Waals surface area contributed by atoms with Gasteiger partial charge in [0, 0.05) is 16.6 Å². The molecule has 0 aromatic heterocycles. The minimum absolute atomic E-state index is 0.0576. The topological polar surface area (TPSA) is 73.8 Å².